The van der Waals surface area contributed by atoms with Crippen molar-refractivity contribution in [1.82, 2.24) is 10.2 Å². The number of carboxylic acid groups (broad SMARTS) is 1. The number of halogens is 1. The maximum atomic E-state index is 11.8. The first-order valence-corrected chi connectivity index (χ1v) is 6.08. The molecule has 1 aliphatic rings. The van der Waals surface area contributed by atoms with E-state index in [1.165, 1.54) is 6.08 Å². The van der Waals surface area contributed by atoms with Gasteiger partial charge in [0.05, 0.1) is 0 Å². The molecule has 1 saturated heterocycles. The zero-order chi connectivity index (χ0) is 14.0. The van der Waals surface area contributed by atoms with E-state index < -0.39 is 24.5 Å². The van der Waals surface area contributed by atoms with Crippen molar-refractivity contribution in [2.24, 2.45) is 0 Å². The second-order valence-electron chi connectivity index (χ2n) is 3.82. The zero-order valence-corrected chi connectivity index (χ0v) is 11.2. The van der Waals surface area contributed by atoms with E-state index in [0.29, 0.717) is 4.90 Å². The lowest BCUT2D eigenvalue weighted by molar-refractivity contribution is -0.140. The van der Waals surface area contributed by atoms with Crippen LogP contribution in [0.25, 0.3) is 6.08 Å². The van der Waals surface area contributed by atoms with Crippen LogP contribution in [-0.4, -0.2) is 34.5 Å². The summed E-state index contributed by atoms with van der Waals surface area (Å²) in [7, 11) is 0. The molecule has 0 radical (unpaired) electrons. The Hall–Kier alpha value is -2.15. The average molecular weight is 325 g/mol. The normalized spacial score (nSPS) is 16.9. The summed E-state index contributed by atoms with van der Waals surface area (Å²) in [5.41, 5.74) is 0.789. The number of urea groups is 1. The standard InChI is InChI=1S/C12H9BrN2O4/c13-8-3-1-7(2-4-8)5-9-11(18)15(6-10(16)17)12(19)14-9/h1-5H,6H2,(H,14,19)(H,16,17)/b9-5-. The van der Waals surface area contributed by atoms with Crippen LogP contribution in [0.4, 0.5) is 4.79 Å². The summed E-state index contributed by atoms with van der Waals surface area (Å²) < 4.78 is 0.893. The molecule has 7 heteroatoms. The van der Waals surface area contributed by atoms with Gasteiger partial charge < -0.3 is 10.4 Å². The van der Waals surface area contributed by atoms with Crippen molar-refractivity contribution >= 4 is 39.9 Å². The first-order chi connectivity index (χ1) is 8.97. The number of hydrogen-bond acceptors (Lipinski definition) is 3. The number of carbonyl (C=O) groups excluding carboxylic acids is 2. The smallest absolute Gasteiger partial charge is 0.329 e. The molecule has 19 heavy (non-hydrogen) atoms. The van der Waals surface area contributed by atoms with Crippen LogP contribution in [0.3, 0.4) is 0 Å². The van der Waals surface area contributed by atoms with E-state index in [4.69, 9.17) is 5.11 Å². The fraction of sp³-hybridized carbons (Fsp3) is 0.0833. The summed E-state index contributed by atoms with van der Waals surface area (Å²) in [6.45, 7) is -0.650. The van der Waals surface area contributed by atoms with Gasteiger partial charge >= 0.3 is 12.0 Å². The highest BCUT2D eigenvalue weighted by Crippen LogP contribution is 2.16. The minimum absolute atomic E-state index is 0.0635. The Morgan fingerprint density at radius 3 is 2.53 bits per heavy atom. The van der Waals surface area contributed by atoms with Crippen LogP contribution < -0.4 is 5.32 Å². The fourth-order valence-electron chi connectivity index (χ4n) is 1.58. The molecule has 1 aromatic rings. The third-order valence-electron chi connectivity index (χ3n) is 2.44. The van der Waals surface area contributed by atoms with E-state index in [-0.39, 0.29) is 5.70 Å². The number of imide groups is 1. The molecule has 3 amide bonds. The Bertz CT molecular complexity index is 580. The van der Waals surface area contributed by atoms with E-state index >= 15 is 0 Å². The molecule has 0 atom stereocenters. The van der Waals surface area contributed by atoms with Crippen molar-refractivity contribution in [2.45, 2.75) is 0 Å². The van der Waals surface area contributed by atoms with Crippen LogP contribution in [0, 0.1) is 0 Å². The molecule has 98 valence electrons. The molecule has 0 saturated carbocycles. The summed E-state index contributed by atoms with van der Waals surface area (Å²) in [5, 5.41) is 11.0. The number of amides is 3. The van der Waals surface area contributed by atoms with Crippen LogP contribution in [0.15, 0.2) is 34.4 Å². The van der Waals surface area contributed by atoms with Crippen molar-refractivity contribution in [2.75, 3.05) is 6.54 Å². The Morgan fingerprint density at radius 2 is 1.95 bits per heavy atom. The van der Waals surface area contributed by atoms with E-state index in [2.05, 4.69) is 21.2 Å². The zero-order valence-electron chi connectivity index (χ0n) is 9.59. The van der Waals surface area contributed by atoms with Gasteiger partial charge in [-0.15, -0.1) is 0 Å². The minimum Gasteiger partial charge on any atom is -0.480 e. The molecular formula is C12H9BrN2O4. The van der Waals surface area contributed by atoms with Crippen molar-refractivity contribution in [3.05, 3.63) is 40.0 Å². The third kappa shape index (κ3) is 3.00. The van der Waals surface area contributed by atoms with Crippen LogP contribution in [0.1, 0.15) is 5.56 Å². The van der Waals surface area contributed by atoms with Gasteiger partial charge in [0.25, 0.3) is 5.91 Å². The lowest BCUT2D eigenvalue weighted by Gasteiger charge is -2.06. The summed E-state index contributed by atoms with van der Waals surface area (Å²) in [4.78, 5) is 34.5. The number of carboxylic acids is 1. The Morgan fingerprint density at radius 1 is 1.32 bits per heavy atom. The lowest BCUT2D eigenvalue weighted by Crippen LogP contribution is -2.35. The topological polar surface area (TPSA) is 86.7 Å². The van der Waals surface area contributed by atoms with E-state index in [1.54, 1.807) is 24.3 Å². The number of nitrogens with zero attached hydrogens (tertiary/aromatic N) is 1. The third-order valence-corrected chi connectivity index (χ3v) is 2.97. The van der Waals surface area contributed by atoms with Crippen molar-refractivity contribution in [3.8, 4) is 0 Å². The van der Waals surface area contributed by atoms with Crippen molar-refractivity contribution in [1.29, 1.82) is 0 Å². The van der Waals surface area contributed by atoms with Gasteiger partial charge in [-0.2, -0.15) is 0 Å². The van der Waals surface area contributed by atoms with Gasteiger partial charge in [0, 0.05) is 4.47 Å². The quantitative estimate of drug-likeness (QED) is 0.650. The molecule has 0 unspecified atom stereocenters. The van der Waals surface area contributed by atoms with E-state index in [9.17, 15) is 14.4 Å². The molecule has 0 spiro atoms. The summed E-state index contributed by atoms with van der Waals surface area (Å²) >= 11 is 3.29. The Balaban J connectivity index is 2.23. The fourth-order valence-corrected chi connectivity index (χ4v) is 1.84. The number of carbonyl (C=O) groups is 3. The average Bonchev–Trinajstić information content (AvgIpc) is 2.60. The molecule has 0 bridgehead atoms. The van der Waals surface area contributed by atoms with Gasteiger partial charge in [-0.25, -0.2) is 9.69 Å². The highest BCUT2D eigenvalue weighted by molar-refractivity contribution is 9.10. The number of benzene rings is 1. The summed E-state index contributed by atoms with van der Waals surface area (Å²) in [6, 6.07) is 6.38. The molecule has 1 fully saturated rings. The highest BCUT2D eigenvalue weighted by atomic mass is 79.9. The molecule has 2 N–H and O–H groups in total. The molecule has 6 nitrogen and oxygen atoms in total. The predicted octanol–water partition coefficient (Wildman–Crippen LogP) is 1.43. The van der Waals surface area contributed by atoms with E-state index in [1.807, 2.05) is 0 Å². The first-order valence-electron chi connectivity index (χ1n) is 5.29. The predicted molar refractivity (Wildman–Crippen MR) is 70.0 cm³/mol. The van der Waals surface area contributed by atoms with Crippen molar-refractivity contribution in [3.63, 3.8) is 0 Å². The molecule has 0 aromatic heterocycles. The van der Waals surface area contributed by atoms with Crippen LogP contribution in [0.2, 0.25) is 0 Å². The second kappa shape index (κ2) is 5.23. The Labute approximate surface area is 116 Å². The van der Waals surface area contributed by atoms with Crippen LogP contribution in [-0.2, 0) is 9.59 Å². The van der Waals surface area contributed by atoms with Gasteiger partial charge in [0.15, 0.2) is 0 Å². The van der Waals surface area contributed by atoms with Crippen LogP contribution in [0.5, 0.6) is 0 Å². The minimum atomic E-state index is -1.24. The maximum Gasteiger partial charge on any atom is 0.329 e. The number of hydrogen-bond donors (Lipinski definition) is 2. The van der Waals surface area contributed by atoms with Crippen molar-refractivity contribution < 1.29 is 19.5 Å². The monoisotopic (exact) mass is 324 g/mol. The molecule has 2 rings (SSSR count). The second-order valence-corrected chi connectivity index (χ2v) is 4.74. The van der Waals surface area contributed by atoms with Crippen LogP contribution >= 0.6 is 15.9 Å². The van der Waals surface area contributed by atoms with E-state index in [0.717, 1.165) is 10.0 Å². The summed E-state index contributed by atoms with van der Waals surface area (Å²) in [6.07, 6.45) is 1.49. The Kier molecular flexibility index (Phi) is 3.66. The van der Waals surface area contributed by atoms with Gasteiger partial charge in [0.1, 0.15) is 12.2 Å². The van der Waals surface area contributed by atoms with Gasteiger partial charge in [-0.3, -0.25) is 9.59 Å². The largest absolute Gasteiger partial charge is 0.480 e. The molecule has 1 aliphatic heterocycles. The molecule has 1 heterocycles. The maximum absolute atomic E-state index is 11.8. The molecule has 0 aliphatic carbocycles. The first kappa shape index (κ1) is 13.3. The number of aliphatic carboxylic acids is 1. The summed E-state index contributed by atoms with van der Waals surface area (Å²) in [5.74, 6) is -1.89. The molecule has 1 aromatic carbocycles. The molecular weight excluding hydrogens is 316 g/mol. The van der Waals surface area contributed by atoms with Gasteiger partial charge in [-0.1, -0.05) is 28.1 Å². The van der Waals surface area contributed by atoms with Gasteiger partial charge in [0.2, 0.25) is 0 Å². The number of rotatable bonds is 3. The highest BCUT2D eigenvalue weighted by Gasteiger charge is 2.34. The number of nitrogens with one attached hydrogen (secondary N) is 1. The lowest BCUT2D eigenvalue weighted by atomic mass is 10.2. The van der Waals surface area contributed by atoms with Gasteiger partial charge in [-0.05, 0) is 23.8 Å². The SMILES string of the molecule is O=C(O)CN1C(=O)N/C(=C\c2ccc(Br)cc2)C1=O.